The molecule has 0 unspecified atom stereocenters. The van der Waals surface area contributed by atoms with Gasteiger partial charge in [-0.3, -0.25) is 0 Å². The van der Waals surface area contributed by atoms with Gasteiger partial charge in [0, 0.05) is 6.07 Å². The van der Waals surface area contributed by atoms with Gasteiger partial charge in [0.2, 0.25) is 0 Å². The molecule has 1 aromatic carbocycles. The molecule has 1 aromatic rings. The van der Waals surface area contributed by atoms with Gasteiger partial charge in [-0.25, -0.2) is 0 Å². The van der Waals surface area contributed by atoms with E-state index in [4.69, 9.17) is 9.47 Å². The van der Waals surface area contributed by atoms with Gasteiger partial charge in [0.05, 0.1) is 14.2 Å². The zero-order valence-corrected chi connectivity index (χ0v) is 8.20. The Morgan fingerprint density at radius 3 is 1.92 bits per heavy atom. The Morgan fingerprint density at radius 2 is 1.54 bits per heavy atom. The van der Waals surface area contributed by atoms with E-state index in [0.29, 0.717) is 0 Å². The molecular weight excluding hydrogens is 164 g/mol. The lowest BCUT2D eigenvalue weighted by Gasteiger charge is -2.05. The number of allylic oxidation sites excluding steroid dienone is 1. The molecule has 0 atom stereocenters. The van der Waals surface area contributed by atoms with E-state index in [9.17, 15) is 0 Å². The molecule has 70 valence electrons. The summed E-state index contributed by atoms with van der Waals surface area (Å²) in [6.45, 7) is 1.98. The van der Waals surface area contributed by atoms with E-state index in [1.807, 2.05) is 37.3 Å². The first-order valence-electron chi connectivity index (χ1n) is 4.16. The van der Waals surface area contributed by atoms with Crippen LogP contribution in [0, 0.1) is 0 Å². The standard InChI is InChI=1S/C11H14O2/c1-4-5-9-6-10(12-2)8-11(7-9)13-3/h4-8H,1-3H3/b5-4+. The number of benzene rings is 1. The van der Waals surface area contributed by atoms with Crippen molar-refractivity contribution in [2.75, 3.05) is 14.2 Å². The molecule has 0 aromatic heterocycles. The molecule has 2 heteroatoms. The van der Waals surface area contributed by atoms with Crippen LogP contribution < -0.4 is 9.47 Å². The normalized spacial score (nSPS) is 10.4. The average molecular weight is 178 g/mol. The van der Waals surface area contributed by atoms with Gasteiger partial charge in [0.1, 0.15) is 11.5 Å². The Bertz CT molecular complexity index is 281. The molecule has 2 nitrogen and oxygen atoms in total. The highest BCUT2D eigenvalue weighted by molar-refractivity contribution is 5.54. The Hall–Kier alpha value is -1.44. The van der Waals surface area contributed by atoms with Gasteiger partial charge in [-0.15, -0.1) is 0 Å². The third kappa shape index (κ3) is 2.51. The second kappa shape index (κ2) is 4.55. The van der Waals surface area contributed by atoms with Crippen molar-refractivity contribution in [2.45, 2.75) is 6.92 Å². The largest absolute Gasteiger partial charge is 0.497 e. The molecule has 13 heavy (non-hydrogen) atoms. The average Bonchev–Trinajstić information content (AvgIpc) is 2.17. The molecule has 0 spiro atoms. The van der Waals surface area contributed by atoms with Crippen molar-refractivity contribution >= 4 is 6.08 Å². The van der Waals surface area contributed by atoms with Crippen molar-refractivity contribution in [3.63, 3.8) is 0 Å². The van der Waals surface area contributed by atoms with Crippen molar-refractivity contribution in [2.24, 2.45) is 0 Å². The Kier molecular flexibility index (Phi) is 3.38. The second-order valence-electron chi connectivity index (χ2n) is 2.65. The fraction of sp³-hybridized carbons (Fsp3) is 0.273. The third-order valence-corrected chi connectivity index (χ3v) is 1.73. The van der Waals surface area contributed by atoms with Crippen LogP contribution in [0.3, 0.4) is 0 Å². The van der Waals surface area contributed by atoms with Gasteiger partial charge >= 0.3 is 0 Å². The molecule has 1 rings (SSSR count). The van der Waals surface area contributed by atoms with Crippen LogP contribution >= 0.6 is 0 Å². The van der Waals surface area contributed by atoms with Crippen molar-refractivity contribution in [1.29, 1.82) is 0 Å². The lowest BCUT2D eigenvalue weighted by Crippen LogP contribution is -1.87. The number of hydrogen-bond donors (Lipinski definition) is 0. The van der Waals surface area contributed by atoms with Gasteiger partial charge in [0.25, 0.3) is 0 Å². The van der Waals surface area contributed by atoms with Crippen LogP contribution in [0.25, 0.3) is 6.08 Å². The summed E-state index contributed by atoms with van der Waals surface area (Å²) in [6, 6.07) is 5.78. The highest BCUT2D eigenvalue weighted by atomic mass is 16.5. The summed E-state index contributed by atoms with van der Waals surface area (Å²) in [4.78, 5) is 0. The molecule has 0 saturated carbocycles. The first-order valence-corrected chi connectivity index (χ1v) is 4.16. The van der Waals surface area contributed by atoms with Gasteiger partial charge in [-0.05, 0) is 24.6 Å². The van der Waals surface area contributed by atoms with Crippen molar-refractivity contribution in [1.82, 2.24) is 0 Å². The molecule has 0 aliphatic carbocycles. The van der Waals surface area contributed by atoms with Crippen LogP contribution in [0.1, 0.15) is 12.5 Å². The summed E-state index contributed by atoms with van der Waals surface area (Å²) in [5, 5.41) is 0. The fourth-order valence-electron chi connectivity index (χ4n) is 1.12. The third-order valence-electron chi connectivity index (χ3n) is 1.73. The van der Waals surface area contributed by atoms with Crippen LogP contribution in [-0.4, -0.2) is 14.2 Å². The molecule has 0 radical (unpaired) electrons. The van der Waals surface area contributed by atoms with E-state index in [2.05, 4.69) is 0 Å². The summed E-state index contributed by atoms with van der Waals surface area (Å²) < 4.78 is 10.3. The van der Waals surface area contributed by atoms with E-state index in [1.165, 1.54) is 0 Å². The number of rotatable bonds is 3. The first kappa shape index (κ1) is 9.65. The first-order chi connectivity index (χ1) is 6.30. The summed E-state index contributed by atoms with van der Waals surface area (Å²) in [5.41, 5.74) is 1.08. The van der Waals surface area contributed by atoms with Crippen molar-refractivity contribution < 1.29 is 9.47 Å². The van der Waals surface area contributed by atoms with Crippen LogP contribution in [0.4, 0.5) is 0 Å². The van der Waals surface area contributed by atoms with E-state index in [-0.39, 0.29) is 0 Å². The van der Waals surface area contributed by atoms with Crippen LogP contribution in [0.2, 0.25) is 0 Å². The molecular formula is C11H14O2. The van der Waals surface area contributed by atoms with Crippen molar-refractivity contribution in [3.05, 3.63) is 29.8 Å². The lowest BCUT2D eigenvalue weighted by molar-refractivity contribution is 0.394. The lowest BCUT2D eigenvalue weighted by atomic mass is 10.2. The molecule has 0 heterocycles. The van der Waals surface area contributed by atoms with Crippen molar-refractivity contribution in [3.8, 4) is 11.5 Å². The van der Waals surface area contributed by atoms with Crippen LogP contribution in [0.5, 0.6) is 11.5 Å². The van der Waals surface area contributed by atoms with Crippen LogP contribution in [0.15, 0.2) is 24.3 Å². The predicted octanol–water partition coefficient (Wildman–Crippen LogP) is 2.74. The minimum atomic E-state index is 0.812. The van der Waals surface area contributed by atoms with E-state index >= 15 is 0 Å². The van der Waals surface area contributed by atoms with Gasteiger partial charge < -0.3 is 9.47 Å². The summed E-state index contributed by atoms with van der Waals surface area (Å²) in [5.74, 6) is 1.62. The van der Waals surface area contributed by atoms with E-state index in [1.54, 1.807) is 14.2 Å². The fourth-order valence-corrected chi connectivity index (χ4v) is 1.12. The maximum atomic E-state index is 5.13. The summed E-state index contributed by atoms with van der Waals surface area (Å²) in [6.07, 6.45) is 3.99. The van der Waals surface area contributed by atoms with Crippen LogP contribution in [-0.2, 0) is 0 Å². The van der Waals surface area contributed by atoms with Gasteiger partial charge in [-0.1, -0.05) is 12.2 Å². The summed E-state index contributed by atoms with van der Waals surface area (Å²) in [7, 11) is 3.29. The SMILES string of the molecule is C/C=C/c1cc(OC)cc(OC)c1. The zero-order chi connectivity index (χ0) is 9.68. The molecule has 0 N–H and O–H groups in total. The Morgan fingerprint density at radius 1 is 1.00 bits per heavy atom. The molecule has 0 aliphatic rings. The molecule has 0 amide bonds. The number of hydrogen-bond acceptors (Lipinski definition) is 2. The maximum Gasteiger partial charge on any atom is 0.123 e. The summed E-state index contributed by atoms with van der Waals surface area (Å²) >= 11 is 0. The monoisotopic (exact) mass is 178 g/mol. The second-order valence-corrected chi connectivity index (χ2v) is 2.65. The Labute approximate surface area is 78.8 Å². The molecule has 0 saturated heterocycles. The quantitative estimate of drug-likeness (QED) is 0.708. The minimum Gasteiger partial charge on any atom is -0.497 e. The Balaban J connectivity index is 3.07. The minimum absolute atomic E-state index is 0.812. The molecule has 0 fully saturated rings. The zero-order valence-electron chi connectivity index (χ0n) is 8.20. The molecule has 0 aliphatic heterocycles. The van der Waals surface area contributed by atoms with Gasteiger partial charge in [0.15, 0.2) is 0 Å². The predicted molar refractivity (Wildman–Crippen MR) is 54.3 cm³/mol. The highest BCUT2D eigenvalue weighted by Gasteiger charge is 1.98. The molecule has 0 bridgehead atoms. The van der Waals surface area contributed by atoms with E-state index in [0.717, 1.165) is 17.1 Å². The van der Waals surface area contributed by atoms with E-state index < -0.39 is 0 Å². The maximum absolute atomic E-state index is 5.13. The highest BCUT2D eigenvalue weighted by Crippen LogP contribution is 2.22. The number of ether oxygens (including phenoxy) is 2. The smallest absolute Gasteiger partial charge is 0.123 e. The topological polar surface area (TPSA) is 18.5 Å². The van der Waals surface area contributed by atoms with Gasteiger partial charge in [-0.2, -0.15) is 0 Å². The number of methoxy groups -OCH3 is 2.